The highest BCUT2D eigenvalue weighted by Gasteiger charge is 2.19. The highest BCUT2D eigenvalue weighted by molar-refractivity contribution is 5.97. The van der Waals surface area contributed by atoms with Crippen molar-refractivity contribution < 1.29 is 14.0 Å². The largest absolute Gasteiger partial charge is 0.472 e. The maximum atomic E-state index is 12.3. The van der Waals surface area contributed by atoms with Crippen LogP contribution in [-0.4, -0.2) is 30.4 Å². The molecule has 3 N–H and O–H groups in total. The number of rotatable bonds is 8. The van der Waals surface area contributed by atoms with Gasteiger partial charge < -0.3 is 20.4 Å². The van der Waals surface area contributed by atoms with Crippen molar-refractivity contribution in [3.63, 3.8) is 0 Å². The summed E-state index contributed by atoms with van der Waals surface area (Å²) in [6, 6.07) is 10.9. The topological polar surface area (TPSA) is 83.4 Å². The Hall–Kier alpha value is -2.76. The standard InChI is InChI=1S/C19H25N3O3/c1-13(2)17(22-16-7-5-4-6-8-16)11-20-18(23)14(3)21-19(24)15-9-10-25-12-15/h4-10,12-14,17,22H,11H2,1-3H3,(H,20,23)(H,21,24)/t14-,17-/m1/s1. The van der Waals surface area contributed by atoms with Gasteiger partial charge in [-0.3, -0.25) is 9.59 Å². The number of hydrogen-bond acceptors (Lipinski definition) is 4. The van der Waals surface area contributed by atoms with Crippen LogP contribution in [-0.2, 0) is 4.79 Å². The van der Waals surface area contributed by atoms with Gasteiger partial charge in [0.25, 0.3) is 5.91 Å². The third-order valence-electron chi connectivity index (χ3n) is 3.95. The Morgan fingerprint density at radius 3 is 2.40 bits per heavy atom. The third kappa shape index (κ3) is 5.67. The van der Waals surface area contributed by atoms with Crippen LogP contribution in [0.1, 0.15) is 31.1 Å². The van der Waals surface area contributed by atoms with Gasteiger partial charge in [0.05, 0.1) is 11.8 Å². The minimum atomic E-state index is -0.632. The van der Waals surface area contributed by atoms with Crippen molar-refractivity contribution >= 4 is 17.5 Å². The van der Waals surface area contributed by atoms with Gasteiger partial charge in [-0.1, -0.05) is 32.0 Å². The Morgan fingerprint density at radius 2 is 1.80 bits per heavy atom. The average molecular weight is 343 g/mol. The van der Waals surface area contributed by atoms with Gasteiger partial charge in [-0.25, -0.2) is 0 Å². The van der Waals surface area contributed by atoms with Gasteiger partial charge in [0.15, 0.2) is 0 Å². The summed E-state index contributed by atoms with van der Waals surface area (Å²) in [7, 11) is 0. The molecule has 0 radical (unpaired) electrons. The fourth-order valence-electron chi connectivity index (χ4n) is 2.30. The van der Waals surface area contributed by atoms with Gasteiger partial charge in [-0.2, -0.15) is 0 Å². The maximum Gasteiger partial charge on any atom is 0.255 e. The molecule has 1 heterocycles. The van der Waals surface area contributed by atoms with Crippen LogP contribution in [0, 0.1) is 5.92 Å². The van der Waals surface area contributed by atoms with Crippen LogP contribution in [0.3, 0.4) is 0 Å². The summed E-state index contributed by atoms with van der Waals surface area (Å²) in [5.41, 5.74) is 1.40. The molecule has 0 saturated heterocycles. The predicted molar refractivity (Wildman–Crippen MR) is 97.3 cm³/mol. The first-order valence-electron chi connectivity index (χ1n) is 8.39. The molecule has 0 unspecified atom stereocenters. The summed E-state index contributed by atoms with van der Waals surface area (Å²) in [5, 5.41) is 8.97. The smallest absolute Gasteiger partial charge is 0.255 e. The van der Waals surface area contributed by atoms with Gasteiger partial charge in [0.1, 0.15) is 12.3 Å². The molecule has 134 valence electrons. The van der Waals surface area contributed by atoms with Crippen LogP contribution < -0.4 is 16.0 Å². The molecule has 2 atom stereocenters. The molecule has 2 amide bonds. The molecule has 1 aromatic carbocycles. The summed E-state index contributed by atoms with van der Waals surface area (Å²) >= 11 is 0. The molecule has 0 aliphatic carbocycles. The van der Waals surface area contributed by atoms with E-state index in [1.165, 1.54) is 12.5 Å². The molecular weight excluding hydrogens is 318 g/mol. The van der Waals surface area contributed by atoms with Gasteiger partial charge in [-0.15, -0.1) is 0 Å². The molecule has 6 heteroatoms. The molecular formula is C19H25N3O3. The average Bonchev–Trinajstić information content (AvgIpc) is 3.13. The van der Waals surface area contributed by atoms with Crippen molar-refractivity contribution in [1.29, 1.82) is 0 Å². The zero-order valence-corrected chi connectivity index (χ0v) is 14.8. The van der Waals surface area contributed by atoms with E-state index in [1.807, 2.05) is 30.3 Å². The Bertz CT molecular complexity index is 668. The SMILES string of the molecule is CC(C)[C@@H](CNC(=O)[C@@H](C)NC(=O)c1ccoc1)Nc1ccccc1. The van der Waals surface area contributed by atoms with Crippen LogP contribution in [0.4, 0.5) is 5.69 Å². The van der Waals surface area contributed by atoms with E-state index in [-0.39, 0.29) is 17.9 Å². The van der Waals surface area contributed by atoms with Crippen LogP contribution >= 0.6 is 0 Å². The lowest BCUT2D eigenvalue weighted by Gasteiger charge is -2.25. The first kappa shape index (κ1) is 18.6. The Kier molecular flexibility index (Phi) is 6.62. The van der Waals surface area contributed by atoms with Crippen LogP contribution in [0.15, 0.2) is 53.3 Å². The monoisotopic (exact) mass is 343 g/mol. The van der Waals surface area contributed by atoms with Gasteiger partial charge in [0, 0.05) is 18.3 Å². The van der Waals surface area contributed by atoms with E-state index in [1.54, 1.807) is 13.0 Å². The fraction of sp³-hybridized carbons (Fsp3) is 0.368. The molecule has 0 bridgehead atoms. The van der Waals surface area contributed by atoms with E-state index in [2.05, 4.69) is 29.8 Å². The van der Waals surface area contributed by atoms with Gasteiger partial charge in [-0.05, 0) is 31.0 Å². The van der Waals surface area contributed by atoms with Crippen LogP contribution in [0.5, 0.6) is 0 Å². The molecule has 0 aliphatic heterocycles. The highest BCUT2D eigenvalue weighted by Crippen LogP contribution is 2.11. The second-order valence-corrected chi connectivity index (χ2v) is 6.31. The van der Waals surface area contributed by atoms with Crippen LogP contribution in [0.25, 0.3) is 0 Å². The Labute approximate surface area is 148 Å². The van der Waals surface area contributed by atoms with E-state index < -0.39 is 6.04 Å². The number of carbonyl (C=O) groups is 2. The number of carbonyl (C=O) groups excluding carboxylic acids is 2. The lowest BCUT2D eigenvalue weighted by atomic mass is 10.0. The number of furan rings is 1. The number of nitrogens with one attached hydrogen (secondary N) is 3. The van der Waals surface area contributed by atoms with Crippen LogP contribution in [0.2, 0.25) is 0 Å². The quantitative estimate of drug-likeness (QED) is 0.688. The van der Waals surface area contributed by atoms with E-state index >= 15 is 0 Å². The zero-order chi connectivity index (χ0) is 18.2. The van der Waals surface area contributed by atoms with Gasteiger partial charge in [0.2, 0.25) is 5.91 Å². The molecule has 2 rings (SSSR count). The minimum Gasteiger partial charge on any atom is -0.472 e. The van der Waals surface area contributed by atoms with E-state index in [0.29, 0.717) is 18.0 Å². The molecule has 0 aliphatic rings. The first-order chi connectivity index (χ1) is 12.0. The molecule has 0 saturated carbocycles. The second-order valence-electron chi connectivity index (χ2n) is 6.31. The number of amides is 2. The molecule has 6 nitrogen and oxygen atoms in total. The van der Waals surface area contributed by atoms with Crippen molar-refractivity contribution in [2.45, 2.75) is 32.9 Å². The van der Waals surface area contributed by atoms with E-state index in [4.69, 9.17) is 4.42 Å². The normalized spacial score (nSPS) is 13.1. The lowest BCUT2D eigenvalue weighted by Crippen LogP contribution is -2.48. The summed E-state index contributed by atoms with van der Waals surface area (Å²) in [6.45, 7) is 6.31. The Balaban J connectivity index is 1.84. The van der Waals surface area contributed by atoms with Gasteiger partial charge >= 0.3 is 0 Å². The van der Waals surface area contributed by atoms with E-state index in [0.717, 1.165) is 5.69 Å². The molecule has 25 heavy (non-hydrogen) atoms. The molecule has 1 aromatic heterocycles. The van der Waals surface area contributed by atoms with Crippen molar-refractivity contribution in [2.75, 3.05) is 11.9 Å². The van der Waals surface area contributed by atoms with E-state index in [9.17, 15) is 9.59 Å². The highest BCUT2D eigenvalue weighted by atomic mass is 16.3. The number of hydrogen-bond donors (Lipinski definition) is 3. The first-order valence-corrected chi connectivity index (χ1v) is 8.39. The van der Waals surface area contributed by atoms with Crippen molar-refractivity contribution in [3.8, 4) is 0 Å². The molecule has 2 aromatic rings. The Morgan fingerprint density at radius 1 is 1.08 bits per heavy atom. The summed E-state index contributed by atoms with van der Waals surface area (Å²) in [4.78, 5) is 24.2. The fourth-order valence-corrected chi connectivity index (χ4v) is 2.30. The predicted octanol–water partition coefficient (Wildman–Crippen LogP) is 2.65. The molecule has 0 spiro atoms. The van der Waals surface area contributed by atoms with Crippen molar-refractivity contribution in [2.24, 2.45) is 5.92 Å². The second kappa shape index (κ2) is 8.92. The number of para-hydroxylation sites is 1. The zero-order valence-electron chi connectivity index (χ0n) is 14.8. The maximum absolute atomic E-state index is 12.3. The lowest BCUT2D eigenvalue weighted by molar-refractivity contribution is -0.122. The van der Waals surface area contributed by atoms with Crippen molar-refractivity contribution in [1.82, 2.24) is 10.6 Å². The molecule has 0 fully saturated rings. The summed E-state index contributed by atoms with van der Waals surface area (Å²) < 4.78 is 4.87. The summed E-state index contributed by atoms with van der Waals surface area (Å²) in [5.74, 6) is -0.229. The third-order valence-corrected chi connectivity index (χ3v) is 3.95. The number of benzene rings is 1. The van der Waals surface area contributed by atoms with Crippen molar-refractivity contribution in [3.05, 3.63) is 54.5 Å². The minimum absolute atomic E-state index is 0.0862. The summed E-state index contributed by atoms with van der Waals surface area (Å²) in [6.07, 6.45) is 2.76. The number of anilines is 1.